The first-order valence-electron chi connectivity index (χ1n) is 9.45. The van der Waals surface area contributed by atoms with Gasteiger partial charge < -0.3 is 14.8 Å². The summed E-state index contributed by atoms with van der Waals surface area (Å²) in [6.45, 7) is 2.23. The van der Waals surface area contributed by atoms with Crippen molar-refractivity contribution >= 4 is 17.5 Å². The van der Waals surface area contributed by atoms with Gasteiger partial charge in [0.1, 0.15) is 5.75 Å². The van der Waals surface area contributed by atoms with Gasteiger partial charge in [0.15, 0.2) is 11.6 Å². The predicted molar refractivity (Wildman–Crippen MR) is 109 cm³/mol. The highest BCUT2D eigenvalue weighted by molar-refractivity contribution is 6.32. The molecule has 3 rings (SSSR count). The van der Waals surface area contributed by atoms with Gasteiger partial charge in [-0.3, -0.25) is 4.79 Å². The molecule has 0 unspecified atom stereocenters. The molecule has 150 valence electrons. The number of halogens is 2. The van der Waals surface area contributed by atoms with Crippen LogP contribution in [0.4, 0.5) is 4.39 Å². The van der Waals surface area contributed by atoms with Gasteiger partial charge in [0, 0.05) is 17.2 Å². The van der Waals surface area contributed by atoms with Crippen molar-refractivity contribution in [3.63, 3.8) is 0 Å². The zero-order valence-corrected chi connectivity index (χ0v) is 17.1. The fourth-order valence-electron chi connectivity index (χ4n) is 3.65. The molecule has 1 saturated carbocycles. The first-order chi connectivity index (χ1) is 13.4. The van der Waals surface area contributed by atoms with E-state index >= 15 is 0 Å². The number of amides is 1. The minimum Gasteiger partial charge on any atom is -0.495 e. The molecular weight excluding hydrogens is 381 g/mol. The topological polar surface area (TPSA) is 47.6 Å². The summed E-state index contributed by atoms with van der Waals surface area (Å²) in [6, 6.07) is 8.11. The Labute approximate surface area is 170 Å². The minimum atomic E-state index is -0.589. The smallest absolute Gasteiger partial charge is 0.251 e. The van der Waals surface area contributed by atoms with Gasteiger partial charge in [-0.25, -0.2) is 4.39 Å². The zero-order chi connectivity index (χ0) is 20.3. The molecule has 2 aromatic rings. The van der Waals surface area contributed by atoms with Crippen molar-refractivity contribution < 1.29 is 18.7 Å². The highest BCUT2D eigenvalue weighted by atomic mass is 35.5. The third-order valence-electron chi connectivity index (χ3n) is 5.32. The standard InChI is InChI=1S/C22H25ClFNO3/c1-13-4-7-16(8-5-13)25-22(26)15-10-17(21(28-3)19(24)12-15)14-6-9-20(27-2)18(23)11-14/h6,9-13,16H,4-5,7-8H2,1-3H3,(H,25,26). The van der Waals surface area contributed by atoms with Crippen LogP contribution in [-0.2, 0) is 0 Å². The predicted octanol–water partition coefficient (Wildman–Crippen LogP) is 5.47. The molecule has 0 heterocycles. The molecule has 0 atom stereocenters. The average Bonchev–Trinajstić information content (AvgIpc) is 2.69. The number of carbonyl (C=O) groups is 1. The molecule has 0 saturated heterocycles. The molecule has 1 N–H and O–H groups in total. The Hall–Kier alpha value is -2.27. The molecule has 2 aromatic carbocycles. The molecular formula is C22H25ClFNO3. The summed E-state index contributed by atoms with van der Waals surface area (Å²) >= 11 is 6.22. The number of methoxy groups -OCH3 is 2. The summed E-state index contributed by atoms with van der Waals surface area (Å²) in [5.74, 6) is 0.420. The molecule has 1 fully saturated rings. The van der Waals surface area contributed by atoms with Crippen molar-refractivity contribution in [2.75, 3.05) is 14.2 Å². The van der Waals surface area contributed by atoms with Crippen molar-refractivity contribution in [2.45, 2.75) is 38.6 Å². The zero-order valence-electron chi connectivity index (χ0n) is 16.4. The van der Waals surface area contributed by atoms with Crippen LogP contribution in [0.1, 0.15) is 43.0 Å². The number of ether oxygens (including phenoxy) is 2. The molecule has 1 aliphatic rings. The van der Waals surface area contributed by atoms with Crippen LogP contribution in [0.3, 0.4) is 0 Å². The molecule has 4 nitrogen and oxygen atoms in total. The second kappa shape index (κ2) is 8.82. The van der Waals surface area contributed by atoms with Crippen LogP contribution in [0.25, 0.3) is 11.1 Å². The summed E-state index contributed by atoms with van der Waals surface area (Å²) < 4.78 is 25.1. The van der Waals surface area contributed by atoms with E-state index in [0.29, 0.717) is 27.8 Å². The molecule has 28 heavy (non-hydrogen) atoms. The quantitative estimate of drug-likeness (QED) is 0.717. The van der Waals surface area contributed by atoms with Crippen LogP contribution < -0.4 is 14.8 Å². The summed E-state index contributed by atoms with van der Waals surface area (Å²) in [5, 5.41) is 3.43. The maximum absolute atomic E-state index is 14.7. The van der Waals surface area contributed by atoms with Gasteiger partial charge in [0.2, 0.25) is 0 Å². The number of rotatable bonds is 5. The maximum Gasteiger partial charge on any atom is 0.251 e. The van der Waals surface area contributed by atoms with Crippen LogP contribution in [0, 0.1) is 11.7 Å². The summed E-state index contributed by atoms with van der Waals surface area (Å²) in [6.07, 6.45) is 4.09. The number of nitrogens with one attached hydrogen (secondary N) is 1. The second-order valence-electron chi connectivity index (χ2n) is 7.32. The molecule has 0 radical (unpaired) electrons. The van der Waals surface area contributed by atoms with E-state index in [1.54, 1.807) is 24.3 Å². The SMILES string of the molecule is COc1ccc(-c2cc(C(=O)NC3CCC(C)CC3)cc(F)c2OC)cc1Cl. The highest BCUT2D eigenvalue weighted by Crippen LogP contribution is 2.37. The summed E-state index contributed by atoms with van der Waals surface area (Å²) in [7, 11) is 2.92. The fourth-order valence-corrected chi connectivity index (χ4v) is 3.91. The van der Waals surface area contributed by atoms with Crippen LogP contribution in [0.2, 0.25) is 5.02 Å². The lowest BCUT2D eigenvalue weighted by molar-refractivity contribution is 0.0922. The lowest BCUT2D eigenvalue weighted by Gasteiger charge is -2.27. The Morgan fingerprint density at radius 3 is 2.43 bits per heavy atom. The van der Waals surface area contributed by atoms with Crippen LogP contribution in [0.5, 0.6) is 11.5 Å². The first kappa shape index (κ1) is 20.5. The van der Waals surface area contributed by atoms with Crippen molar-refractivity contribution in [1.82, 2.24) is 5.32 Å². The van der Waals surface area contributed by atoms with E-state index in [9.17, 15) is 9.18 Å². The molecule has 0 aromatic heterocycles. The van der Waals surface area contributed by atoms with Crippen molar-refractivity contribution in [1.29, 1.82) is 0 Å². The Bertz CT molecular complexity index is 863. The summed E-state index contributed by atoms with van der Waals surface area (Å²) in [5.41, 5.74) is 1.37. The fraction of sp³-hybridized carbons (Fsp3) is 0.409. The van der Waals surface area contributed by atoms with Crippen LogP contribution in [0.15, 0.2) is 30.3 Å². The maximum atomic E-state index is 14.7. The van der Waals surface area contributed by atoms with Gasteiger partial charge in [0.25, 0.3) is 5.91 Å². The molecule has 1 amide bonds. The van der Waals surface area contributed by atoms with Gasteiger partial charge in [-0.05, 0) is 61.4 Å². The van der Waals surface area contributed by atoms with Crippen LogP contribution >= 0.6 is 11.6 Å². The Morgan fingerprint density at radius 1 is 1.11 bits per heavy atom. The Morgan fingerprint density at radius 2 is 1.82 bits per heavy atom. The molecule has 0 aliphatic heterocycles. The second-order valence-corrected chi connectivity index (χ2v) is 7.73. The average molecular weight is 406 g/mol. The van der Waals surface area contributed by atoms with E-state index in [0.717, 1.165) is 25.7 Å². The minimum absolute atomic E-state index is 0.0734. The van der Waals surface area contributed by atoms with Crippen LogP contribution in [-0.4, -0.2) is 26.2 Å². The van der Waals surface area contributed by atoms with E-state index in [1.165, 1.54) is 20.3 Å². The number of benzene rings is 2. The third kappa shape index (κ3) is 4.41. The molecule has 0 bridgehead atoms. The van der Waals surface area contributed by atoms with Gasteiger partial charge in [0.05, 0.1) is 19.2 Å². The van der Waals surface area contributed by atoms with Crippen molar-refractivity contribution in [2.24, 2.45) is 5.92 Å². The largest absolute Gasteiger partial charge is 0.495 e. The van der Waals surface area contributed by atoms with Gasteiger partial charge >= 0.3 is 0 Å². The van der Waals surface area contributed by atoms with E-state index in [-0.39, 0.29) is 23.3 Å². The van der Waals surface area contributed by atoms with Crippen molar-refractivity contribution in [3.05, 3.63) is 46.7 Å². The number of carbonyl (C=O) groups excluding carboxylic acids is 1. The monoisotopic (exact) mass is 405 g/mol. The third-order valence-corrected chi connectivity index (χ3v) is 5.62. The highest BCUT2D eigenvalue weighted by Gasteiger charge is 2.22. The number of hydrogen-bond donors (Lipinski definition) is 1. The normalized spacial score (nSPS) is 19.2. The Kier molecular flexibility index (Phi) is 6.45. The van der Waals surface area contributed by atoms with Crippen molar-refractivity contribution in [3.8, 4) is 22.6 Å². The number of hydrogen-bond acceptors (Lipinski definition) is 3. The van der Waals surface area contributed by atoms with E-state index < -0.39 is 5.82 Å². The van der Waals surface area contributed by atoms with Gasteiger partial charge in [-0.1, -0.05) is 24.6 Å². The van der Waals surface area contributed by atoms with Gasteiger partial charge in [-0.15, -0.1) is 0 Å². The lowest BCUT2D eigenvalue weighted by atomic mass is 9.87. The van der Waals surface area contributed by atoms with E-state index in [4.69, 9.17) is 21.1 Å². The summed E-state index contributed by atoms with van der Waals surface area (Å²) in [4.78, 5) is 12.7. The Balaban J connectivity index is 1.91. The molecule has 1 aliphatic carbocycles. The lowest BCUT2D eigenvalue weighted by Crippen LogP contribution is -2.37. The van der Waals surface area contributed by atoms with Gasteiger partial charge in [-0.2, -0.15) is 0 Å². The van der Waals surface area contributed by atoms with E-state index in [2.05, 4.69) is 12.2 Å². The molecule has 6 heteroatoms. The first-order valence-corrected chi connectivity index (χ1v) is 9.83. The van der Waals surface area contributed by atoms with E-state index in [1.807, 2.05) is 0 Å². The molecule has 0 spiro atoms.